The summed E-state index contributed by atoms with van der Waals surface area (Å²) in [5, 5.41) is 6.43. The molecule has 0 saturated carbocycles. The highest BCUT2D eigenvalue weighted by Gasteiger charge is 2.22. The normalized spacial score (nSPS) is 19.9. The Balaban J connectivity index is 1.84. The summed E-state index contributed by atoms with van der Waals surface area (Å²) >= 11 is 1.64. The van der Waals surface area contributed by atoms with Gasteiger partial charge in [-0.05, 0) is 18.9 Å². The first kappa shape index (κ1) is 8.97. The summed E-state index contributed by atoms with van der Waals surface area (Å²) in [6, 6.07) is 2.44. The van der Waals surface area contributed by atoms with Crippen molar-refractivity contribution in [3.63, 3.8) is 0 Å². The van der Waals surface area contributed by atoms with Gasteiger partial charge >= 0.3 is 0 Å². The predicted octanol–water partition coefficient (Wildman–Crippen LogP) is 3.23. The quantitative estimate of drug-likeness (QED) is 0.844. The van der Waals surface area contributed by atoms with Crippen molar-refractivity contribution in [1.29, 1.82) is 0 Å². The maximum Gasteiger partial charge on any atom is 0.183 e. The van der Waals surface area contributed by atoms with Crippen LogP contribution < -0.4 is 5.32 Å². The van der Waals surface area contributed by atoms with Crippen molar-refractivity contribution in [2.75, 3.05) is 5.32 Å². The summed E-state index contributed by atoms with van der Waals surface area (Å²) in [6.45, 7) is 0. The van der Waals surface area contributed by atoms with E-state index in [-0.39, 0.29) is 0 Å². The molecule has 1 aliphatic carbocycles. The first-order chi connectivity index (χ1) is 7.43. The molecule has 0 bridgehead atoms. The molecule has 1 unspecified atom stereocenters. The number of thiazole rings is 1. The van der Waals surface area contributed by atoms with Gasteiger partial charge in [-0.2, -0.15) is 0 Å². The molecule has 15 heavy (non-hydrogen) atoms. The number of furan rings is 1. The number of hydrogen-bond acceptors (Lipinski definition) is 4. The van der Waals surface area contributed by atoms with E-state index in [0.717, 1.165) is 23.7 Å². The Kier molecular flexibility index (Phi) is 2.21. The number of aromatic nitrogens is 1. The van der Waals surface area contributed by atoms with Crippen LogP contribution >= 0.6 is 11.3 Å². The minimum atomic E-state index is 0.374. The van der Waals surface area contributed by atoms with Gasteiger partial charge < -0.3 is 9.73 Å². The Morgan fingerprint density at radius 1 is 1.53 bits per heavy atom. The van der Waals surface area contributed by atoms with Gasteiger partial charge in [0, 0.05) is 23.6 Å². The second kappa shape index (κ2) is 3.70. The van der Waals surface area contributed by atoms with Gasteiger partial charge in [0.25, 0.3) is 0 Å². The highest BCUT2D eigenvalue weighted by atomic mass is 32.1. The number of anilines is 1. The van der Waals surface area contributed by atoms with Crippen LogP contribution in [0.25, 0.3) is 0 Å². The second-order valence-corrected chi connectivity index (χ2v) is 4.62. The topological polar surface area (TPSA) is 38.1 Å². The summed E-state index contributed by atoms with van der Waals surface area (Å²) in [7, 11) is 0. The molecule has 3 nitrogen and oxygen atoms in total. The van der Waals surface area contributed by atoms with Gasteiger partial charge in [0.15, 0.2) is 5.13 Å². The van der Waals surface area contributed by atoms with Gasteiger partial charge in [-0.1, -0.05) is 0 Å². The molecule has 3 rings (SSSR count). The van der Waals surface area contributed by atoms with Crippen molar-refractivity contribution in [2.24, 2.45) is 0 Å². The van der Waals surface area contributed by atoms with Crippen LogP contribution in [0.15, 0.2) is 28.3 Å². The van der Waals surface area contributed by atoms with Crippen molar-refractivity contribution < 1.29 is 4.42 Å². The number of nitrogens with one attached hydrogen (secondary N) is 1. The zero-order valence-corrected chi connectivity index (χ0v) is 9.09. The molecule has 78 valence electrons. The molecular weight excluding hydrogens is 208 g/mol. The third-order valence-electron chi connectivity index (χ3n) is 2.78. The van der Waals surface area contributed by atoms with Crippen LogP contribution in [-0.2, 0) is 6.42 Å². The Labute approximate surface area is 92.1 Å². The molecule has 0 saturated heterocycles. The van der Waals surface area contributed by atoms with E-state index in [2.05, 4.69) is 16.4 Å². The smallest absolute Gasteiger partial charge is 0.183 e. The molecule has 1 atom stereocenters. The van der Waals surface area contributed by atoms with E-state index in [0.29, 0.717) is 6.04 Å². The average Bonchev–Trinajstić information content (AvgIpc) is 2.87. The molecule has 0 spiro atoms. The number of fused-ring (bicyclic) bond motifs is 1. The fourth-order valence-electron chi connectivity index (χ4n) is 2.08. The maximum absolute atomic E-state index is 5.45. The van der Waals surface area contributed by atoms with Crippen molar-refractivity contribution >= 4 is 16.5 Å². The van der Waals surface area contributed by atoms with Crippen molar-refractivity contribution in [1.82, 2.24) is 4.98 Å². The lowest BCUT2D eigenvalue weighted by Gasteiger charge is -2.22. The molecule has 1 N–H and O–H groups in total. The van der Waals surface area contributed by atoms with Crippen molar-refractivity contribution in [3.05, 3.63) is 35.2 Å². The minimum Gasteiger partial charge on any atom is -0.469 e. The van der Waals surface area contributed by atoms with E-state index in [1.54, 1.807) is 17.6 Å². The Morgan fingerprint density at radius 3 is 3.40 bits per heavy atom. The van der Waals surface area contributed by atoms with Crippen LogP contribution in [0.4, 0.5) is 5.13 Å². The minimum absolute atomic E-state index is 0.374. The molecule has 0 aliphatic heterocycles. The molecule has 2 heterocycles. The summed E-state index contributed by atoms with van der Waals surface area (Å²) in [6.07, 6.45) is 7.02. The summed E-state index contributed by atoms with van der Waals surface area (Å²) in [4.78, 5) is 4.24. The van der Waals surface area contributed by atoms with Crippen LogP contribution in [0.3, 0.4) is 0 Å². The first-order valence-corrected chi connectivity index (χ1v) is 6.04. The van der Waals surface area contributed by atoms with Gasteiger partial charge in [-0.3, -0.25) is 0 Å². The Hall–Kier alpha value is -1.29. The molecule has 2 aromatic heterocycles. The highest BCUT2D eigenvalue weighted by molar-refractivity contribution is 7.13. The van der Waals surface area contributed by atoms with Crippen molar-refractivity contribution in [2.45, 2.75) is 25.3 Å². The maximum atomic E-state index is 5.45. The third kappa shape index (κ3) is 1.65. The van der Waals surface area contributed by atoms with Gasteiger partial charge in [-0.25, -0.2) is 4.98 Å². The van der Waals surface area contributed by atoms with E-state index in [4.69, 9.17) is 4.42 Å². The number of nitrogens with zero attached hydrogens (tertiary/aromatic N) is 1. The average molecular weight is 220 g/mol. The number of rotatable bonds is 2. The monoisotopic (exact) mass is 220 g/mol. The number of hydrogen-bond donors (Lipinski definition) is 1. The largest absolute Gasteiger partial charge is 0.469 e. The van der Waals surface area contributed by atoms with Crippen LogP contribution in [0.5, 0.6) is 0 Å². The van der Waals surface area contributed by atoms with Gasteiger partial charge in [0.2, 0.25) is 0 Å². The lowest BCUT2D eigenvalue weighted by molar-refractivity contribution is 0.461. The van der Waals surface area contributed by atoms with Gasteiger partial charge in [-0.15, -0.1) is 11.3 Å². The zero-order valence-electron chi connectivity index (χ0n) is 8.27. The predicted molar refractivity (Wildman–Crippen MR) is 60.1 cm³/mol. The lowest BCUT2D eigenvalue weighted by atomic mass is 9.94. The standard InChI is InChI=1S/C11H12N2OS/c1-2-9(13-11-12-5-7-15-11)8-4-6-14-10(8)3-1/h4-7,9H,1-3H2,(H,12,13). The van der Waals surface area contributed by atoms with Crippen LogP contribution in [0, 0.1) is 0 Å². The number of aryl methyl sites for hydroxylation is 1. The highest BCUT2D eigenvalue weighted by Crippen LogP contribution is 2.33. The van der Waals surface area contributed by atoms with Gasteiger partial charge in [0.05, 0.1) is 12.3 Å². The molecule has 0 amide bonds. The summed E-state index contributed by atoms with van der Waals surface area (Å²) in [5.74, 6) is 1.13. The van der Waals surface area contributed by atoms with Crippen LogP contribution in [0.2, 0.25) is 0 Å². The molecule has 1 aliphatic rings. The molecular formula is C11H12N2OS. The second-order valence-electron chi connectivity index (χ2n) is 3.73. The summed E-state index contributed by atoms with van der Waals surface area (Å²) in [5.41, 5.74) is 1.30. The fourth-order valence-corrected chi connectivity index (χ4v) is 2.66. The molecule has 0 fully saturated rings. The zero-order chi connectivity index (χ0) is 10.1. The molecule has 0 radical (unpaired) electrons. The first-order valence-electron chi connectivity index (χ1n) is 5.16. The van der Waals surface area contributed by atoms with E-state index in [9.17, 15) is 0 Å². The summed E-state index contributed by atoms with van der Waals surface area (Å²) < 4.78 is 5.45. The van der Waals surface area contributed by atoms with E-state index in [1.807, 2.05) is 11.6 Å². The Bertz CT molecular complexity index is 435. The molecule has 2 aromatic rings. The lowest BCUT2D eigenvalue weighted by Crippen LogP contribution is -2.15. The Morgan fingerprint density at radius 2 is 2.53 bits per heavy atom. The van der Waals surface area contributed by atoms with E-state index >= 15 is 0 Å². The van der Waals surface area contributed by atoms with Crippen LogP contribution in [-0.4, -0.2) is 4.98 Å². The van der Waals surface area contributed by atoms with E-state index < -0.39 is 0 Å². The van der Waals surface area contributed by atoms with E-state index in [1.165, 1.54) is 12.0 Å². The fraction of sp³-hybridized carbons (Fsp3) is 0.364. The van der Waals surface area contributed by atoms with Crippen LogP contribution in [0.1, 0.15) is 30.2 Å². The third-order valence-corrected chi connectivity index (χ3v) is 3.49. The van der Waals surface area contributed by atoms with Gasteiger partial charge in [0.1, 0.15) is 5.76 Å². The molecule has 4 heteroatoms. The molecule has 0 aromatic carbocycles. The SMILES string of the molecule is c1csc(NC2CCCc3occc32)n1. The van der Waals surface area contributed by atoms with Crippen molar-refractivity contribution in [3.8, 4) is 0 Å².